The van der Waals surface area contributed by atoms with Gasteiger partial charge in [0.2, 0.25) is 5.96 Å². The van der Waals surface area contributed by atoms with Gasteiger partial charge in [-0.1, -0.05) is 84.9 Å². The van der Waals surface area contributed by atoms with Crippen molar-refractivity contribution in [1.82, 2.24) is 10.2 Å². The highest BCUT2D eigenvalue weighted by Crippen LogP contribution is 2.28. The lowest BCUT2D eigenvalue weighted by molar-refractivity contribution is -0.0644. The molecule has 216 valence electrons. The van der Waals surface area contributed by atoms with Crippen molar-refractivity contribution in [3.8, 4) is 11.1 Å². The second kappa shape index (κ2) is 13.8. The number of alkyl carbamates (subject to hydrolysis) is 1. The Kier molecular flexibility index (Phi) is 9.97. The molecule has 0 radical (unpaired) electrons. The molecule has 0 aromatic heterocycles. The predicted octanol–water partition coefficient (Wildman–Crippen LogP) is 5.79. The highest BCUT2D eigenvalue weighted by Gasteiger charge is 2.36. The Balaban J connectivity index is 1.38. The number of rotatable bonds is 8. The van der Waals surface area contributed by atoms with Crippen LogP contribution in [0.3, 0.4) is 0 Å². The maximum Gasteiger partial charge on any atom is 0.437 e. The number of guanidine groups is 1. The van der Waals surface area contributed by atoms with E-state index in [0.29, 0.717) is 26.0 Å². The summed E-state index contributed by atoms with van der Waals surface area (Å²) in [6, 6.07) is 27.0. The van der Waals surface area contributed by atoms with Gasteiger partial charge in [0.1, 0.15) is 12.2 Å². The van der Waals surface area contributed by atoms with E-state index in [0.717, 1.165) is 22.3 Å². The summed E-state index contributed by atoms with van der Waals surface area (Å²) in [6.07, 6.45) is -0.643. The standard InChI is InChI=1S/C32H38N4O5/c1-4-39-28-27(16-11-21-36(28)29(33)35-30(37)40-22-23-12-7-5-8-13-23)34-31(38)41-32(2,3)26-19-17-25(18-20-26)24-14-9-6-10-15-24/h5-10,12-15,17-20,27-28H,4,11,16,21-22H2,1-3H3,(H,34,38)(H2,33,35,37). The molecule has 1 fully saturated rings. The summed E-state index contributed by atoms with van der Waals surface area (Å²) in [5.74, 6) is -0.0276. The van der Waals surface area contributed by atoms with Crippen LogP contribution in [0.2, 0.25) is 0 Å². The van der Waals surface area contributed by atoms with Gasteiger partial charge in [0.15, 0.2) is 6.23 Å². The van der Waals surface area contributed by atoms with E-state index in [1.807, 2.05) is 93.6 Å². The number of hydrogen-bond acceptors (Lipinski definition) is 5. The molecule has 41 heavy (non-hydrogen) atoms. The Hall–Kier alpha value is -4.37. The van der Waals surface area contributed by atoms with Crippen molar-refractivity contribution in [3.05, 3.63) is 96.1 Å². The average Bonchev–Trinajstić information content (AvgIpc) is 2.98. The first kappa shape index (κ1) is 29.6. The van der Waals surface area contributed by atoms with E-state index in [-0.39, 0.29) is 12.6 Å². The van der Waals surface area contributed by atoms with Gasteiger partial charge in [-0.2, -0.15) is 0 Å². The quantitative estimate of drug-likeness (QED) is 0.265. The molecule has 1 aliphatic rings. The van der Waals surface area contributed by atoms with E-state index >= 15 is 0 Å². The minimum absolute atomic E-state index is 0.0276. The number of amides is 2. The topological polar surface area (TPSA) is 115 Å². The van der Waals surface area contributed by atoms with Crippen molar-refractivity contribution in [3.63, 3.8) is 0 Å². The fraction of sp³-hybridized carbons (Fsp3) is 0.344. The smallest absolute Gasteiger partial charge is 0.437 e. The number of nitrogens with zero attached hydrogens (tertiary/aromatic N) is 2. The zero-order valence-electron chi connectivity index (χ0n) is 23.8. The van der Waals surface area contributed by atoms with Crippen LogP contribution in [0.25, 0.3) is 11.1 Å². The predicted molar refractivity (Wildman–Crippen MR) is 158 cm³/mol. The molecule has 0 aliphatic carbocycles. The van der Waals surface area contributed by atoms with E-state index in [1.54, 1.807) is 4.90 Å². The summed E-state index contributed by atoms with van der Waals surface area (Å²) in [7, 11) is 0. The summed E-state index contributed by atoms with van der Waals surface area (Å²) in [5, 5.41) is 2.95. The number of aliphatic imine (C=N–C) groups is 1. The van der Waals surface area contributed by atoms with E-state index in [9.17, 15) is 9.59 Å². The number of carbonyl (C=O) groups is 2. The Morgan fingerprint density at radius 3 is 2.27 bits per heavy atom. The number of carbonyl (C=O) groups excluding carboxylic acids is 2. The first-order chi connectivity index (χ1) is 19.8. The van der Waals surface area contributed by atoms with Crippen LogP contribution in [0.15, 0.2) is 89.9 Å². The molecule has 9 heteroatoms. The Bertz CT molecular complexity index is 1310. The van der Waals surface area contributed by atoms with Gasteiger partial charge in [-0.25, -0.2) is 9.59 Å². The molecule has 2 unspecified atom stereocenters. The number of benzene rings is 3. The molecular formula is C32H38N4O5. The first-order valence-corrected chi connectivity index (χ1v) is 13.9. The second-order valence-corrected chi connectivity index (χ2v) is 10.3. The van der Waals surface area contributed by atoms with Crippen LogP contribution >= 0.6 is 0 Å². The Labute approximate surface area is 241 Å². The van der Waals surface area contributed by atoms with Crippen LogP contribution in [0.4, 0.5) is 9.59 Å². The molecule has 1 heterocycles. The first-order valence-electron chi connectivity index (χ1n) is 13.9. The lowest BCUT2D eigenvalue weighted by Gasteiger charge is -2.41. The van der Waals surface area contributed by atoms with Gasteiger partial charge in [0.25, 0.3) is 0 Å². The highest BCUT2D eigenvalue weighted by atomic mass is 16.6. The Morgan fingerprint density at radius 2 is 1.61 bits per heavy atom. The van der Waals surface area contributed by atoms with Crippen molar-refractivity contribution in [1.29, 1.82) is 0 Å². The monoisotopic (exact) mass is 558 g/mol. The van der Waals surface area contributed by atoms with Crippen LogP contribution in [-0.4, -0.2) is 48.5 Å². The van der Waals surface area contributed by atoms with E-state index in [2.05, 4.69) is 22.4 Å². The molecule has 4 rings (SSSR count). The summed E-state index contributed by atoms with van der Waals surface area (Å²) in [5.41, 5.74) is 9.25. The summed E-state index contributed by atoms with van der Waals surface area (Å²) in [6.45, 7) is 6.53. The van der Waals surface area contributed by atoms with Crippen molar-refractivity contribution in [2.24, 2.45) is 10.7 Å². The fourth-order valence-electron chi connectivity index (χ4n) is 4.81. The fourth-order valence-corrected chi connectivity index (χ4v) is 4.81. The Morgan fingerprint density at radius 1 is 0.976 bits per heavy atom. The molecule has 1 aliphatic heterocycles. The molecule has 3 N–H and O–H groups in total. The largest absolute Gasteiger partial charge is 0.443 e. The van der Waals surface area contributed by atoms with Gasteiger partial charge >= 0.3 is 12.2 Å². The lowest BCUT2D eigenvalue weighted by Crippen LogP contribution is -2.60. The summed E-state index contributed by atoms with van der Waals surface area (Å²) < 4.78 is 17.1. The van der Waals surface area contributed by atoms with Crippen molar-refractivity contribution in [2.75, 3.05) is 13.2 Å². The van der Waals surface area contributed by atoms with E-state index in [1.165, 1.54) is 0 Å². The van der Waals surface area contributed by atoms with Gasteiger partial charge in [0.05, 0.1) is 6.04 Å². The van der Waals surface area contributed by atoms with Crippen LogP contribution in [0.1, 0.15) is 44.7 Å². The van der Waals surface area contributed by atoms with Crippen LogP contribution in [0, 0.1) is 0 Å². The summed E-state index contributed by atoms with van der Waals surface area (Å²) in [4.78, 5) is 31.0. The minimum atomic E-state index is -0.877. The van der Waals surface area contributed by atoms with Crippen molar-refractivity contribution >= 4 is 18.1 Å². The van der Waals surface area contributed by atoms with Gasteiger partial charge in [-0.3, -0.25) is 0 Å². The van der Waals surface area contributed by atoms with E-state index < -0.39 is 30.1 Å². The molecule has 0 saturated carbocycles. The molecule has 3 aromatic rings. The molecule has 0 spiro atoms. The third-order valence-electron chi connectivity index (χ3n) is 6.95. The van der Waals surface area contributed by atoms with Gasteiger partial charge < -0.3 is 30.2 Å². The van der Waals surface area contributed by atoms with Crippen molar-refractivity contribution < 1.29 is 23.8 Å². The number of piperidine rings is 1. The van der Waals surface area contributed by atoms with E-state index in [4.69, 9.17) is 19.9 Å². The third-order valence-corrected chi connectivity index (χ3v) is 6.95. The number of nitrogens with two attached hydrogens (primary N) is 1. The average molecular weight is 559 g/mol. The van der Waals surface area contributed by atoms with Crippen LogP contribution < -0.4 is 11.1 Å². The number of likely N-dealkylation sites (tertiary alicyclic amines) is 1. The van der Waals surface area contributed by atoms with Crippen molar-refractivity contribution in [2.45, 2.75) is 58.1 Å². The number of ether oxygens (including phenoxy) is 3. The molecule has 1 saturated heterocycles. The molecule has 9 nitrogen and oxygen atoms in total. The third kappa shape index (κ3) is 8.08. The maximum absolute atomic E-state index is 13.1. The zero-order valence-corrected chi connectivity index (χ0v) is 23.8. The molecule has 2 amide bonds. The second-order valence-electron chi connectivity index (χ2n) is 10.3. The van der Waals surface area contributed by atoms with Gasteiger partial charge in [-0.15, -0.1) is 4.99 Å². The number of hydrogen-bond donors (Lipinski definition) is 2. The van der Waals surface area contributed by atoms with Gasteiger partial charge in [0, 0.05) is 13.2 Å². The number of nitrogens with one attached hydrogen (secondary N) is 1. The van der Waals surface area contributed by atoms with Crippen LogP contribution in [-0.2, 0) is 26.4 Å². The maximum atomic E-state index is 13.1. The summed E-state index contributed by atoms with van der Waals surface area (Å²) >= 11 is 0. The zero-order chi connectivity index (χ0) is 29.2. The SMILES string of the molecule is CCOC1C(NC(=O)OC(C)(C)c2ccc(-c3ccccc3)cc2)CCCN1/C(N)=N/C(=O)OCc1ccccc1. The normalized spacial score (nSPS) is 17.5. The lowest BCUT2D eigenvalue weighted by atomic mass is 9.95. The van der Waals surface area contributed by atoms with Gasteiger partial charge in [-0.05, 0) is 55.9 Å². The van der Waals surface area contributed by atoms with Crippen LogP contribution in [0.5, 0.6) is 0 Å². The minimum Gasteiger partial charge on any atom is -0.443 e. The molecule has 2 atom stereocenters. The highest BCUT2D eigenvalue weighted by molar-refractivity contribution is 5.89. The molecular weight excluding hydrogens is 520 g/mol. The molecule has 3 aromatic carbocycles. The molecule has 0 bridgehead atoms.